The number of morpholine rings is 1. The van der Waals surface area contributed by atoms with Gasteiger partial charge in [-0.1, -0.05) is 11.6 Å². The SMILES string of the molecule is C/C(=N\S(=O)(=O)CCc1ccc(Cl)s1)[C@H]1CCN([C@@H](CC(=O)O)C(=O)N2CCOCC2)C1=O. The lowest BCUT2D eigenvalue weighted by atomic mass is 10.0. The molecule has 3 rings (SSSR count). The van der Waals surface area contributed by atoms with Gasteiger partial charge in [-0.3, -0.25) is 14.4 Å². The third kappa shape index (κ3) is 6.75. The van der Waals surface area contributed by atoms with Crippen LogP contribution in [0.2, 0.25) is 4.34 Å². The van der Waals surface area contributed by atoms with E-state index < -0.39 is 46.2 Å². The number of halogens is 1. The first-order chi connectivity index (χ1) is 15.6. The number of sulfonamides is 1. The number of aryl methyl sites for hydroxylation is 1. The molecule has 0 aromatic carbocycles. The molecule has 2 atom stereocenters. The molecule has 1 N–H and O–H groups in total. The van der Waals surface area contributed by atoms with Crippen molar-refractivity contribution in [1.82, 2.24) is 9.80 Å². The molecule has 1 aromatic rings. The number of likely N-dealkylation sites (tertiary alicyclic amines) is 1. The van der Waals surface area contributed by atoms with Crippen molar-refractivity contribution in [1.29, 1.82) is 0 Å². The highest BCUT2D eigenvalue weighted by Gasteiger charge is 2.42. The Morgan fingerprint density at radius 1 is 1.30 bits per heavy atom. The number of hydrogen-bond acceptors (Lipinski definition) is 7. The van der Waals surface area contributed by atoms with Crippen molar-refractivity contribution >= 4 is 56.5 Å². The van der Waals surface area contributed by atoms with Gasteiger partial charge in [-0.15, -0.1) is 11.3 Å². The number of carbonyl (C=O) groups is 3. The predicted molar refractivity (Wildman–Crippen MR) is 123 cm³/mol. The Morgan fingerprint density at radius 3 is 2.61 bits per heavy atom. The number of carboxylic acid groups (broad SMARTS) is 1. The van der Waals surface area contributed by atoms with E-state index in [0.717, 1.165) is 4.88 Å². The molecule has 1 aromatic heterocycles. The van der Waals surface area contributed by atoms with Crippen LogP contribution in [0.25, 0.3) is 0 Å². The lowest BCUT2D eigenvalue weighted by Gasteiger charge is -2.33. The summed E-state index contributed by atoms with van der Waals surface area (Å²) in [5, 5.41) is 9.32. The van der Waals surface area contributed by atoms with Crippen molar-refractivity contribution < 1.29 is 32.6 Å². The second kappa shape index (κ2) is 10.9. The molecular formula is C20H26ClN3O7S2. The predicted octanol–water partition coefficient (Wildman–Crippen LogP) is 1.29. The molecule has 33 heavy (non-hydrogen) atoms. The van der Waals surface area contributed by atoms with E-state index in [4.69, 9.17) is 16.3 Å². The van der Waals surface area contributed by atoms with Gasteiger partial charge in [-0.25, -0.2) is 8.42 Å². The summed E-state index contributed by atoms with van der Waals surface area (Å²) in [6, 6.07) is 2.30. The zero-order chi connectivity index (χ0) is 24.2. The van der Waals surface area contributed by atoms with Crippen LogP contribution < -0.4 is 0 Å². The van der Waals surface area contributed by atoms with Gasteiger partial charge in [0, 0.05) is 30.2 Å². The van der Waals surface area contributed by atoms with Crippen LogP contribution in [0, 0.1) is 5.92 Å². The second-order valence-electron chi connectivity index (χ2n) is 7.90. The molecule has 182 valence electrons. The van der Waals surface area contributed by atoms with Crippen LogP contribution in [0.3, 0.4) is 0 Å². The minimum absolute atomic E-state index is 0.139. The van der Waals surface area contributed by atoms with Crippen molar-refractivity contribution in [2.45, 2.75) is 32.2 Å². The molecule has 0 spiro atoms. The summed E-state index contributed by atoms with van der Waals surface area (Å²) < 4.78 is 34.6. The van der Waals surface area contributed by atoms with E-state index in [1.807, 2.05) is 0 Å². The van der Waals surface area contributed by atoms with Crippen molar-refractivity contribution in [2.24, 2.45) is 10.3 Å². The molecule has 2 aliphatic heterocycles. The Kier molecular flexibility index (Phi) is 8.48. The van der Waals surface area contributed by atoms with E-state index >= 15 is 0 Å². The lowest BCUT2D eigenvalue weighted by molar-refractivity contribution is -0.151. The molecule has 0 unspecified atom stereocenters. The molecule has 2 amide bonds. The zero-order valence-electron chi connectivity index (χ0n) is 18.1. The van der Waals surface area contributed by atoms with Gasteiger partial charge in [0.2, 0.25) is 11.8 Å². The number of rotatable bonds is 9. The van der Waals surface area contributed by atoms with E-state index in [1.165, 1.54) is 28.1 Å². The van der Waals surface area contributed by atoms with Gasteiger partial charge in [-0.05, 0) is 31.9 Å². The minimum atomic E-state index is -3.82. The number of nitrogens with zero attached hydrogens (tertiary/aromatic N) is 3. The van der Waals surface area contributed by atoms with Gasteiger partial charge in [0.1, 0.15) is 6.04 Å². The molecule has 13 heteroatoms. The van der Waals surface area contributed by atoms with Crippen molar-refractivity contribution in [2.75, 3.05) is 38.6 Å². The normalized spacial score (nSPS) is 20.8. The maximum atomic E-state index is 13.1. The Balaban J connectivity index is 1.70. The lowest BCUT2D eigenvalue weighted by Crippen LogP contribution is -2.53. The maximum absolute atomic E-state index is 13.1. The maximum Gasteiger partial charge on any atom is 0.305 e. The van der Waals surface area contributed by atoms with Crippen LogP contribution in [0.5, 0.6) is 0 Å². The summed E-state index contributed by atoms with van der Waals surface area (Å²) in [6.07, 6.45) is -0.000777. The fourth-order valence-corrected chi connectivity index (χ4v) is 6.29. The fraction of sp³-hybridized carbons (Fsp3) is 0.600. The van der Waals surface area contributed by atoms with Crippen LogP contribution in [0.1, 0.15) is 24.6 Å². The first kappa shape index (κ1) is 25.6. The first-order valence-corrected chi connectivity index (χ1v) is 13.3. The molecular weight excluding hydrogens is 494 g/mol. The largest absolute Gasteiger partial charge is 0.481 e. The Morgan fingerprint density at radius 2 is 2.00 bits per heavy atom. The number of aliphatic carboxylic acids is 1. The first-order valence-electron chi connectivity index (χ1n) is 10.5. The van der Waals surface area contributed by atoms with Crippen LogP contribution in [0.4, 0.5) is 0 Å². The summed E-state index contributed by atoms with van der Waals surface area (Å²) in [6.45, 7) is 2.98. The summed E-state index contributed by atoms with van der Waals surface area (Å²) in [5.41, 5.74) is 0.139. The van der Waals surface area contributed by atoms with E-state index in [9.17, 15) is 27.9 Å². The van der Waals surface area contributed by atoms with Gasteiger partial charge < -0.3 is 19.6 Å². The molecule has 0 bridgehead atoms. The third-order valence-corrected chi connectivity index (χ3v) is 8.19. The highest BCUT2D eigenvalue weighted by molar-refractivity contribution is 7.90. The highest BCUT2D eigenvalue weighted by Crippen LogP contribution is 2.26. The van der Waals surface area contributed by atoms with Gasteiger partial charge in [0.15, 0.2) is 0 Å². The molecule has 3 heterocycles. The van der Waals surface area contributed by atoms with E-state index in [2.05, 4.69) is 4.40 Å². The molecule has 0 saturated carbocycles. The number of ether oxygens (including phenoxy) is 1. The van der Waals surface area contributed by atoms with Crippen LogP contribution in [0.15, 0.2) is 16.5 Å². The van der Waals surface area contributed by atoms with Crippen LogP contribution >= 0.6 is 22.9 Å². The standard InChI is InChI=1S/C20H26ClN3O7S2/c1-13(22-33(29,30)11-5-14-2-3-17(21)32-14)15-4-6-24(19(15)27)16(12-18(25)26)20(28)23-7-9-31-10-8-23/h2-3,15-16H,4-12H2,1H3,(H,25,26)/b22-13+/t15-,16+/m1/s1. The molecule has 0 radical (unpaired) electrons. The summed E-state index contributed by atoms with van der Waals surface area (Å²) in [5.74, 6) is -3.15. The summed E-state index contributed by atoms with van der Waals surface area (Å²) in [4.78, 5) is 41.0. The Hall–Kier alpha value is -2.02. The average Bonchev–Trinajstić information content (AvgIpc) is 3.35. The fourth-order valence-electron chi connectivity index (χ4n) is 3.93. The monoisotopic (exact) mass is 519 g/mol. The number of carboxylic acids is 1. The van der Waals surface area contributed by atoms with E-state index in [-0.39, 0.29) is 30.9 Å². The van der Waals surface area contributed by atoms with Crippen LogP contribution in [-0.4, -0.2) is 91.5 Å². The van der Waals surface area contributed by atoms with Gasteiger partial charge in [0.05, 0.1) is 35.6 Å². The van der Waals surface area contributed by atoms with Crippen molar-refractivity contribution in [3.8, 4) is 0 Å². The highest BCUT2D eigenvalue weighted by atomic mass is 35.5. The third-order valence-electron chi connectivity index (χ3n) is 5.61. The number of amides is 2. The van der Waals surface area contributed by atoms with E-state index in [1.54, 1.807) is 12.1 Å². The van der Waals surface area contributed by atoms with Gasteiger partial charge in [0.25, 0.3) is 10.0 Å². The Bertz CT molecular complexity index is 1030. The smallest absolute Gasteiger partial charge is 0.305 e. The molecule has 10 nitrogen and oxygen atoms in total. The number of carbonyl (C=O) groups excluding carboxylic acids is 2. The molecule has 2 fully saturated rings. The van der Waals surface area contributed by atoms with Gasteiger partial charge >= 0.3 is 5.97 Å². The molecule has 2 saturated heterocycles. The number of thiophene rings is 1. The minimum Gasteiger partial charge on any atom is -0.481 e. The average molecular weight is 520 g/mol. The number of hydrogen-bond donors (Lipinski definition) is 1. The van der Waals surface area contributed by atoms with Crippen LogP contribution in [-0.2, 0) is 35.6 Å². The van der Waals surface area contributed by atoms with Gasteiger partial charge in [-0.2, -0.15) is 4.40 Å². The quantitative estimate of drug-likeness (QED) is 0.486. The molecule has 0 aliphatic carbocycles. The zero-order valence-corrected chi connectivity index (χ0v) is 20.5. The van der Waals surface area contributed by atoms with Crippen molar-refractivity contribution in [3.05, 3.63) is 21.3 Å². The second-order valence-corrected chi connectivity index (χ2v) is 11.5. The Labute approximate surface area is 201 Å². The van der Waals surface area contributed by atoms with E-state index in [0.29, 0.717) is 30.6 Å². The topological polar surface area (TPSA) is 134 Å². The molecule has 2 aliphatic rings. The summed E-state index contributed by atoms with van der Waals surface area (Å²) >= 11 is 7.16. The van der Waals surface area contributed by atoms with Crippen molar-refractivity contribution in [3.63, 3.8) is 0 Å². The summed E-state index contributed by atoms with van der Waals surface area (Å²) in [7, 11) is -3.82.